The largest absolute Gasteiger partial charge is 0.341 e. The monoisotopic (exact) mass is 232 g/mol. The molecule has 0 atom stereocenters. The molecule has 2 heterocycles. The Morgan fingerprint density at radius 2 is 1.75 bits per heavy atom. The average molecular weight is 232 g/mol. The third-order valence-corrected chi connectivity index (χ3v) is 2.79. The molecule has 0 spiro atoms. The molecule has 0 fully saturated rings. The van der Waals surface area contributed by atoms with E-state index in [-0.39, 0.29) is 0 Å². The van der Waals surface area contributed by atoms with E-state index in [0.29, 0.717) is 16.3 Å². The molecule has 4 nitrogen and oxygen atoms in total. The van der Waals surface area contributed by atoms with Gasteiger partial charge < -0.3 is 4.98 Å². The van der Waals surface area contributed by atoms with Gasteiger partial charge in [0, 0.05) is 23.7 Å². The Labute approximate surface area is 98.8 Å². The summed E-state index contributed by atoms with van der Waals surface area (Å²) in [5.74, 6) is 1.19. The summed E-state index contributed by atoms with van der Waals surface area (Å²) in [6.45, 7) is 5.85. The highest BCUT2D eigenvalue weighted by Gasteiger charge is 2.05. The second kappa shape index (κ2) is 4.09. The summed E-state index contributed by atoms with van der Waals surface area (Å²) in [6.07, 6.45) is 3.52. The van der Waals surface area contributed by atoms with E-state index >= 15 is 0 Å². The van der Waals surface area contributed by atoms with E-state index in [0.717, 1.165) is 16.8 Å². The minimum absolute atomic E-state index is 0.569. The van der Waals surface area contributed by atoms with E-state index in [2.05, 4.69) is 19.9 Å². The number of aromatic amines is 1. The van der Waals surface area contributed by atoms with Crippen molar-refractivity contribution in [3.8, 4) is 11.6 Å². The normalized spacial score (nSPS) is 10.4. The second-order valence-electron chi connectivity index (χ2n) is 3.72. The Morgan fingerprint density at radius 3 is 2.31 bits per heavy atom. The van der Waals surface area contributed by atoms with Crippen molar-refractivity contribution < 1.29 is 0 Å². The molecule has 82 valence electrons. The van der Waals surface area contributed by atoms with Crippen molar-refractivity contribution >= 4 is 12.2 Å². The molecule has 0 aromatic carbocycles. The maximum absolute atomic E-state index is 5.17. The zero-order valence-electron chi connectivity index (χ0n) is 9.40. The summed E-state index contributed by atoms with van der Waals surface area (Å²) in [7, 11) is 0. The summed E-state index contributed by atoms with van der Waals surface area (Å²) in [4.78, 5) is 15.8. The quantitative estimate of drug-likeness (QED) is 0.768. The Hall–Kier alpha value is -1.62. The van der Waals surface area contributed by atoms with Crippen LogP contribution in [-0.4, -0.2) is 19.9 Å². The third-order valence-electron chi connectivity index (χ3n) is 2.40. The van der Waals surface area contributed by atoms with Crippen molar-refractivity contribution in [1.29, 1.82) is 0 Å². The molecular formula is C11H12N4S. The fourth-order valence-electron chi connectivity index (χ4n) is 1.27. The minimum atomic E-state index is 0.569. The van der Waals surface area contributed by atoms with E-state index in [4.69, 9.17) is 12.2 Å². The van der Waals surface area contributed by atoms with Crippen LogP contribution in [0.5, 0.6) is 0 Å². The first-order chi connectivity index (χ1) is 7.58. The Balaban J connectivity index is 2.57. The molecule has 16 heavy (non-hydrogen) atoms. The van der Waals surface area contributed by atoms with Gasteiger partial charge in [0.1, 0.15) is 4.64 Å². The molecule has 0 aliphatic carbocycles. The first-order valence-electron chi connectivity index (χ1n) is 4.94. The predicted molar refractivity (Wildman–Crippen MR) is 64.7 cm³/mol. The van der Waals surface area contributed by atoms with E-state index in [9.17, 15) is 0 Å². The van der Waals surface area contributed by atoms with Crippen LogP contribution in [0.15, 0.2) is 12.4 Å². The van der Waals surface area contributed by atoms with Gasteiger partial charge in [-0.15, -0.1) is 0 Å². The maximum atomic E-state index is 5.17. The fourth-order valence-corrected chi connectivity index (χ4v) is 1.51. The number of hydrogen-bond donors (Lipinski definition) is 1. The van der Waals surface area contributed by atoms with Crippen molar-refractivity contribution in [2.24, 2.45) is 0 Å². The lowest BCUT2D eigenvalue weighted by Gasteiger charge is -2.04. The van der Waals surface area contributed by atoms with Crippen LogP contribution in [0.4, 0.5) is 0 Å². The summed E-state index contributed by atoms with van der Waals surface area (Å²) >= 11 is 5.17. The van der Waals surface area contributed by atoms with Gasteiger partial charge >= 0.3 is 0 Å². The van der Waals surface area contributed by atoms with E-state index in [1.165, 1.54) is 0 Å². The van der Waals surface area contributed by atoms with Crippen molar-refractivity contribution in [1.82, 2.24) is 19.9 Å². The van der Waals surface area contributed by atoms with E-state index in [1.54, 1.807) is 12.4 Å². The Bertz CT molecular complexity index is 572. The van der Waals surface area contributed by atoms with Gasteiger partial charge in [-0.05, 0) is 26.3 Å². The molecule has 1 N–H and O–H groups in total. The van der Waals surface area contributed by atoms with E-state index < -0.39 is 0 Å². The molecule has 0 radical (unpaired) electrons. The first-order valence-corrected chi connectivity index (χ1v) is 5.35. The lowest BCUT2D eigenvalue weighted by Crippen LogP contribution is -1.99. The van der Waals surface area contributed by atoms with Gasteiger partial charge in [0.05, 0.1) is 0 Å². The SMILES string of the molecule is Cc1cnc(-c2nc(=S)c(C)c(C)[nH]2)nc1. The van der Waals surface area contributed by atoms with Gasteiger partial charge in [-0.3, -0.25) is 0 Å². The molecule has 0 unspecified atom stereocenters. The molecule has 5 heteroatoms. The Kier molecular flexibility index (Phi) is 2.78. The number of nitrogens with one attached hydrogen (secondary N) is 1. The number of aryl methyl sites for hydroxylation is 2. The zero-order valence-corrected chi connectivity index (χ0v) is 10.2. The summed E-state index contributed by atoms with van der Waals surface area (Å²) in [5.41, 5.74) is 3.01. The molecule has 0 amide bonds. The van der Waals surface area contributed by atoms with Gasteiger partial charge in [0.2, 0.25) is 0 Å². The van der Waals surface area contributed by atoms with Crippen LogP contribution in [0.25, 0.3) is 11.6 Å². The highest BCUT2D eigenvalue weighted by Crippen LogP contribution is 2.12. The lowest BCUT2D eigenvalue weighted by molar-refractivity contribution is 1.01. The molecule has 2 aromatic rings. The van der Waals surface area contributed by atoms with Gasteiger partial charge in [-0.2, -0.15) is 0 Å². The molecule has 2 aromatic heterocycles. The van der Waals surface area contributed by atoms with Crippen LogP contribution in [0.3, 0.4) is 0 Å². The molecular weight excluding hydrogens is 220 g/mol. The summed E-state index contributed by atoms with van der Waals surface area (Å²) in [6, 6.07) is 0. The average Bonchev–Trinajstić information content (AvgIpc) is 2.26. The van der Waals surface area contributed by atoms with Crippen LogP contribution in [0, 0.1) is 25.4 Å². The standard InChI is InChI=1S/C11H12N4S/c1-6-4-12-9(13-5-6)10-14-8(3)7(2)11(16)15-10/h4-5H,1-3H3,(H,14,15,16). The first kappa shape index (κ1) is 10.9. The fraction of sp³-hybridized carbons (Fsp3) is 0.273. The van der Waals surface area contributed by atoms with Gasteiger partial charge in [0.25, 0.3) is 0 Å². The Morgan fingerprint density at radius 1 is 1.12 bits per heavy atom. The lowest BCUT2D eigenvalue weighted by atomic mass is 10.3. The molecule has 0 aliphatic heterocycles. The smallest absolute Gasteiger partial charge is 0.195 e. The van der Waals surface area contributed by atoms with Crippen LogP contribution in [0.1, 0.15) is 16.8 Å². The van der Waals surface area contributed by atoms with Gasteiger partial charge in [-0.1, -0.05) is 12.2 Å². The van der Waals surface area contributed by atoms with E-state index in [1.807, 2.05) is 20.8 Å². The van der Waals surface area contributed by atoms with Crippen molar-refractivity contribution in [3.63, 3.8) is 0 Å². The molecule has 0 aliphatic rings. The second-order valence-corrected chi connectivity index (χ2v) is 4.11. The number of rotatable bonds is 1. The van der Waals surface area contributed by atoms with Crippen LogP contribution in [0.2, 0.25) is 0 Å². The summed E-state index contributed by atoms with van der Waals surface area (Å²) < 4.78 is 0.593. The van der Waals surface area contributed by atoms with Gasteiger partial charge in [0.15, 0.2) is 11.6 Å². The molecule has 0 saturated heterocycles. The molecule has 2 rings (SSSR count). The van der Waals surface area contributed by atoms with Crippen LogP contribution in [-0.2, 0) is 0 Å². The van der Waals surface area contributed by atoms with Gasteiger partial charge in [-0.25, -0.2) is 15.0 Å². The number of H-pyrrole nitrogens is 1. The maximum Gasteiger partial charge on any atom is 0.195 e. The topological polar surface area (TPSA) is 54.5 Å². The number of aromatic nitrogens is 4. The highest BCUT2D eigenvalue weighted by atomic mass is 32.1. The number of nitrogens with zero attached hydrogens (tertiary/aromatic N) is 3. The van der Waals surface area contributed by atoms with Crippen molar-refractivity contribution in [2.45, 2.75) is 20.8 Å². The summed E-state index contributed by atoms with van der Waals surface area (Å²) in [5, 5.41) is 0. The zero-order chi connectivity index (χ0) is 11.7. The molecule has 0 saturated carbocycles. The highest BCUT2D eigenvalue weighted by molar-refractivity contribution is 7.71. The van der Waals surface area contributed by atoms with Crippen LogP contribution >= 0.6 is 12.2 Å². The van der Waals surface area contributed by atoms with Crippen LogP contribution < -0.4 is 0 Å². The molecule has 0 bridgehead atoms. The third kappa shape index (κ3) is 1.99. The van der Waals surface area contributed by atoms with Crippen molar-refractivity contribution in [2.75, 3.05) is 0 Å². The van der Waals surface area contributed by atoms with Crippen molar-refractivity contribution in [3.05, 3.63) is 33.9 Å². The minimum Gasteiger partial charge on any atom is -0.341 e. The predicted octanol–water partition coefficient (Wildman–Crippen LogP) is 2.52. The number of hydrogen-bond acceptors (Lipinski definition) is 4.